The maximum Gasteiger partial charge on any atom is 0.157 e. The maximum absolute atomic E-state index is 9.97. The van der Waals surface area contributed by atoms with E-state index < -0.39 is 6.10 Å². The van der Waals surface area contributed by atoms with Gasteiger partial charge in [0.25, 0.3) is 0 Å². The lowest BCUT2D eigenvalue weighted by Crippen LogP contribution is -3.00. The number of hydrogen-bond donors (Lipinski definition) is 4. The van der Waals surface area contributed by atoms with Crippen molar-refractivity contribution < 1.29 is 33.5 Å². The van der Waals surface area contributed by atoms with Gasteiger partial charge in [0.15, 0.2) is 11.5 Å². The minimum atomic E-state index is -0.644. The van der Waals surface area contributed by atoms with Crippen LogP contribution in [0.5, 0.6) is 11.5 Å². The van der Waals surface area contributed by atoms with Crippen LogP contribution in [0.15, 0.2) is 12.1 Å². The molecule has 0 amide bonds. The van der Waals surface area contributed by atoms with Gasteiger partial charge in [-0.3, -0.25) is 0 Å². The molecule has 5 heteroatoms. The number of quaternary nitrogens is 1. The van der Waals surface area contributed by atoms with Crippen LogP contribution in [0.1, 0.15) is 30.1 Å². The summed E-state index contributed by atoms with van der Waals surface area (Å²) < 4.78 is 0. The van der Waals surface area contributed by atoms with Crippen LogP contribution in [-0.4, -0.2) is 21.4 Å². The third-order valence-corrected chi connectivity index (χ3v) is 3.02. The van der Waals surface area contributed by atoms with Crippen LogP contribution in [0.2, 0.25) is 0 Å². The van der Waals surface area contributed by atoms with Gasteiger partial charge in [0.2, 0.25) is 0 Å². The largest absolute Gasteiger partial charge is 1.00 e. The second kappa shape index (κ2) is 4.91. The lowest BCUT2D eigenvalue weighted by atomic mass is 9.98. The quantitative estimate of drug-likeness (QED) is 0.292. The summed E-state index contributed by atoms with van der Waals surface area (Å²) >= 11 is 0. The molecule has 16 heavy (non-hydrogen) atoms. The Bertz CT molecular complexity index is 384. The molecule has 0 bridgehead atoms. The molecule has 6 N–H and O–H groups in total. The first-order valence-corrected chi connectivity index (χ1v) is 5.15. The number of halogens is 1. The normalized spacial score (nSPS) is 24.1. The monoisotopic (exact) mass is 245 g/mol. The summed E-state index contributed by atoms with van der Waals surface area (Å²) in [5, 5.41) is 28.7. The predicted molar refractivity (Wildman–Crippen MR) is 54.3 cm³/mol. The standard InChI is InChI=1S/C11H15NO3.ClH/c12-8-3-1-2-6-4-9(13)10(14)5-7(6)11(8)15;/h4-5,8,11,13-15H,1-3,12H2;1H. The number of benzene rings is 1. The van der Waals surface area contributed by atoms with Crippen LogP contribution in [0.3, 0.4) is 0 Å². The van der Waals surface area contributed by atoms with Gasteiger partial charge in [0.05, 0.1) is 0 Å². The Morgan fingerprint density at radius 2 is 1.81 bits per heavy atom. The number of hydrogen-bond acceptors (Lipinski definition) is 3. The maximum atomic E-state index is 9.97. The summed E-state index contributed by atoms with van der Waals surface area (Å²) in [7, 11) is 0. The molecule has 0 radical (unpaired) electrons. The number of rotatable bonds is 0. The van der Waals surface area contributed by atoms with E-state index in [4.69, 9.17) is 0 Å². The topological polar surface area (TPSA) is 88.3 Å². The molecule has 0 aliphatic heterocycles. The highest BCUT2D eigenvalue weighted by Gasteiger charge is 2.26. The van der Waals surface area contributed by atoms with Crippen molar-refractivity contribution in [2.75, 3.05) is 0 Å². The first-order valence-electron chi connectivity index (χ1n) is 5.15. The molecule has 0 aromatic heterocycles. The van der Waals surface area contributed by atoms with Crippen LogP contribution in [-0.2, 0) is 6.42 Å². The van der Waals surface area contributed by atoms with Gasteiger partial charge in [-0.1, -0.05) is 0 Å². The minimum Gasteiger partial charge on any atom is -1.00 e. The van der Waals surface area contributed by atoms with Crippen molar-refractivity contribution in [1.82, 2.24) is 0 Å². The first-order chi connectivity index (χ1) is 7.09. The zero-order chi connectivity index (χ0) is 11.0. The van der Waals surface area contributed by atoms with E-state index >= 15 is 0 Å². The van der Waals surface area contributed by atoms with Crippen molar-refractivity contribution in [2.24, 2.45) is 0 Å². The molecule has 0 fully saturated rings. The van der Waals surface area contributed by atoms with E-state index in [2.05, 4.69) is 5.73 Å². The molecule has 1 aromatic rings. The fraction of sp³-hybridized carbons (Fsp3) is 0.455. The zero-order valence-corrected chi connectivity index (χ0v) is 9.61. The summed E-state index contributed by atoms with van der Waals surface area (Å²) in [6, 6.07) is 2.93. The van der Waals surface area contributed by atoms with Crippen LogP contribution in [0.25, 0.3) is 0 Å². The van der Waals surface area contributed by atoms with E-state index in [1.807, 2.05) is 0 Å². The molecular weight excluding hydrogens is 230 g/mol. The van der Waals surface area contributed by atoms with Crippen molar-refractivity contribution in [3.8, 4) is 11.5 Å². The summed E-state index contributed by atoms with van der Waals surface area (Å²) in [5.74, 6) is -0.301. The molecule has 1 aliphatic rings. The third kappa shape index (κ3) is 2.24. The van der Waals surface area contributed by atoms with E-state index in [-0.39, 0.29) is 29.9 Å². The van der Waals surface area contributed by atoms with Gasteiger partial charge in [-0.15, -0.1) is 0 Å². The number of aliphatic hydroxyl groups excluding tert-OH is 1. The lowest BCUT2D eigenvalue weighted by molar-refractivity contribution is -0.440. The highest BCUT2D eigenvalue weighted by Crippen LogP contribution is 2.35. The molecule has 0 heterocycles. The van der Waals surface area contributed by atoms with Crippen LogP contribution >= 0.6 is 0 Å². The molecule has 1 aromatic carbocycles. The zero-order valence-electron chi connectivity index (χ0n) is 8.86. The van der Waals surface area contributed by atoms with Crippen LogP contribution < -0.4 is 18.1 Å². The smallest absolute Gasteiger partial charge is 0.157 e. The van der Waals surface area contributed by atoms with E-state index in [1.165, 1.54) is 12.1 Å². The average Bonchev–Trinajstić information content (AvgIpc) is 2.32. The van der Waals surface area contributed by atoms with Crippen molar-refractivity contribution in [1.29, 1.82) is 0 Å². The van der Waals surface area contributed by atoms with E-state index in [9.17, 15) is 15.3 Å². The summed E-state index contributed by atoms with van der Waals surface area (Å²) in [4.78, 5) is 0. The fourth-order valence-electron chi connectivity index (χ4n) is 2.09. The fourth-order valence-corrected chi connectivity index (χ4v) is 2.09. The Morgan fingerprint density at radius 1 is 1.19 bits per heavy atom. The highest BCUT2D eigenvalue weighted by molar-refractivity contribution is 5.47. The summed E-state index contributed by atoms with van der Waals surface area (Å²) in [6.07, 6.45) is 1.97. The Kier molecular flexibility index (Phi) is 4.02. The second-order valence-corrected chi connectivity index (χ2v) is 4.14. The van der Waals surface area contributed by atoms with E-state index in [1.54, 1.807) is 0 Å². The van der Waals surface area contributed by atoms with Gasteiger partial charge in [-0.2, -0.15) is 0 Å². The number of phenolic OH excluding ortho intramolecular Hbond substituents is 2. The Hall–Kier alpha value is -0.970. The Labute approximate surface area is 100 Å². The van der Waals surface area contributed by atoms with Gasteiger partial charge < -0.3 is 33.5 Å². The molecule has 4 nitrogen and oxygen atoms in total. The van der Waals surface area contributed by atoms with E-state index in [0.717, 1.165) is 24.8 Å². The van der Waals surface area contributed by atoms with Crippen molar-refractivity contribution in [3.63, 3.8) is 0 Å². The molecule has 2 rings (SSSR count). The number of aromatic hydroxyl groups is 2. The van der Waals surface area contributed by atoms with Gasteiger partial charge in [-0.05, 0) is 36.1 Å². The minimum absolute atomic E-state index is 0. The van der Waals surface area contributed by atoms with Gasteiger partial charge >= 0.3 is 0 Å². The third-order valence-electron chi connectivity index (χ3n) is 3.02. The van der Waals surface area contributed by atoms with E-state index in [0.29, 0.717) is 5.56 Å². The number of aliphatic hydroxyl groups is 1. The molecule has 2 atom stereocenters. The van der Waals surface area contributed by atoms with Gasteiger partial charge in [0, 0.05) is 6.42 Å². The van der Waals surface area contributed by atoms with Gasteiger partial charge in [0.1, 0.15) is 12.1 Å². The number of fused-ring (bicyclic) bond motifs is 1. The number of phenols is 2. The molecule has 0 spiro atoms. The van der Waals surface area contributed by atoms with Crippen LogP contribution in [0, 0.1) is 0 Å². The SMILES string of the molecule is [Cl-].[NH3+]C1CCCc2cc(O)c(O)cc2C1O. The average molecular weight is 246 g/mol. The molecule has 0 saturated carbocycles. The van der Waals surface area contributed by atoms with Crippen molar-refractivity contribution in [3.05, 3.63) is 23.3 Å². The molecule has 1 aliphatic carbocycles. The molecule has 0 saturated heterocycles. The van der Waals surface area contributed by atoms with Gasteiger partial charge in [-0.25, -0.2) is 0 Å². The summed E-state index contributed by atoms with van der Waals surface area (Å²) in [5.41, 5.74) is 5.50. The highest BCUT2D eigenvalue weighted by atomic mass is 35.5. The molecule has 2 unspecified atom stereocenters. The van der Waals surface area contributed by atoms with Crippen LogP contribution in [0.4, 0.5) is 0 Å². The Balaban J connectivity index is 0.00000128. The lowest BCUT2D eigenvalue weighted by Gasteiger charge is -2.15. The van der Waals surface area contributed by atoms with Crippen molar-refractivity contribution >= 4 is 0 Å². The van der Waals surface area contributed by atoms with Crippen molar-refractivity contribution in [2.45, 2.75) is 31.4 Å². The molecular formula is C11H16ClNO3. The summed E-state index contributed by atoms with van der Waals surface area (Å²) in [6.45, 7) is 0. The predicted octanol–water partition coefficient (Wildman–Crippen LogP) is -2.92. The first kappa shape index (κ1) is 13.1. The Morgan fingerprint density at radius 3 is 2.50 bits per heavy atom. The molecule has 90 valence electrons. The second-order valence-electron chi connectivity index (χ2n) is 4.14. The number of aryl methyl sites for hydroxylation is 1.